The summed E-state index contributed by atoms with van der Waals surface area (Å²) in [7, 11) is 2.01. The molecule has 2 aromatic carbocycles. The number of halogens is 4. The Bertz CT molecular complexity index is 1130. The highest BCUT2D eigenvalue weighted by molar-refractivity contribution is 6.07. The number of carbonyl (C=O) groups excluding carboxylic acids is 2. The van der Waals surface area contributed by atoms with Crippen molar-refractivity contribution in [2.45, 2.75) is 6.18 Å². The van der Waals surface area contributed by atoms with Crippen molar-refractivity contribution < 1.29 is 41.7 Å². The van der Waals surface area contributed by atoms with Gasteiger partial charge in [-0.3, -0.25) is 0 Å². The van der Waals surface area contributed by atoms with E-state index in [9.17, 15) is 32.3 Å². The van der Waals surface area contributed by atoms with Crippen molar-refractivity contribution in [3.05, 3.63) is 65.1 Å². The molecule has 0 amide bonds. The molecule has 0 atom stereocenters. The Kier molecular flexibility index (Phi) is 5.69. The number of ether oxygens (including phenoxy) is 2. The lowest BCUT2D eigenvalue weighted by molar-refractivity contribution is -0.137. The number of nitrogens with zero attached hydrogens (tertiary/aromatic N) is 2. The van der Waals surface area contributed by atoms with Gasteiger partial charge in [0.2, 0.25) is 0 Å². The third-order valence-electron chi connectivity index (χ3n) is 4.29. The second-order valence-electron chi connectivity index (χ2n) is 6.15. The fourth-order valence-electron chi connectivity index (χ4n) is 2.92. The summed E-state index contributed by atoms with van der Waals surface area (Å²) in [6.07, 6.45) is -4.93. The van der Waals surface area contributed by atoms with Gasteiger partial charge in [0, 0.05) is 0 Å². The summed E-state index contributed by atoms with van der Waals surface area (Å²) in [4.78, 5) is 24.9. The van der Waals surface area contributed by atoms with Crippen LogP contribution in [-0.2, 0) is 15.7 Å². The predicted molar refractivity (Wildman–Crippen MR) is 98.3 cm³/mol. The van der Waals surface area contributed by atoms with E-state index < -0.39 is 57.8 Å². The number of phenols is 1. The van der Waals surface area contributed by atoms with Crippen LogP contribution in [0.3, 0.4) is 0 Å². The average Bonchev–Trinajstić information content (AvgIpc) is 3.12. The molecule has 0 saturated carbocycles. The Balaban J connectivity index is 2.40. The molecule has 0 bridgehead atoms. The van der Waals surface area contributed by atoms with Crippen LogP contribution in [0.4, 0.5) is 17.6 Å². The van der Waals surface area contributed by atoms with E-state index in [0.29, 0.717) is 6.07 Å². The van der Waals surface area contributed by atoms with E-state index >= 15 is 0 Å². The summed E-state index contributed by atoms with van der Waals surface area (Å²) in [5.41, 5.74) is -3.65. The van der Waals surface area contributed by atoms with Crippen molar-refractivity contribution in [2.24, 2.45) is 0 Å². The van der Waals surface area contributed by atoms with Gasteiger partial charge in [-0.25, -0.2) is 18.7 Å². The number of benzene rings is 2. The van der Waals surface area contributed by atoms with E-state index in [2.05, 4.69) is 9.84 Å². The summed E-state index contributed by atoms with van der Waals surface area (Å²) in [5, 5.41) is 14.2. The first-order chi connectivity index (χ1) is 14.6. The first-order valence-electron chi connectivity index (χ1n) is 8.55. The number of aromatic hydroxyl groups is 1. The predicted octanol–water partition coefficient (Wildman–Crippen LogP) is 3.98. The third kappa shape index (κ3) is 3.93. The first kappa shape index (κ1) is 21.8. The Morgan fingerprint density at radius 2 is 1.65 bits per heavy atom. The molecule has 0 spiro atoms. The average molecular weight is 438 g/mol. The molecule has 3 aromatic rings. The van der Waals surface area contributed by atoms with Crippen molar-refractivity contribution >= 4 is 11.9 Å². The van der Waals surface area contributed by atoms with Gasteiger partial charge in [-0.05, 0) is 24.3 Å². The molecule has 0 aliphatic carbocycles. The van der Waals surface area contributed by atoms with Crippen LogP contribution >= 0.6 is 0 Å². The lowest BCUT2D eigenvalue weighted by atomic mass is 10.0. The highest BCUT2D eigenvalue weighted by Gasteiger charge is 2.36. The molecular weight excluding hydrogens is 424 g/mol. The van der Waals surface area contributed by atoms with Gasteiger partial charge in [0.15, 0.2) is 5.69 Å². The number of methoxy groups -OCH3 is 2. The second kappa shape index (κ2) is 8.09. The van der Waals surface area contributed by atoms with Crippen LogP contribution < -0.4 is 0 Å². The minimum absolute atomic E-state index is 0.148. The Labute approximate surface area is 172 Å². The molecule has 0 aliphatic heterocycles. The summed E-state index contributed by atoms with van der Waals surface area (Å²) < 4.78 is 63.9. The number of alkyl halides is 3. The molecule has 0 unspecified atom stereocenters. The molecule has 31 heavy (non-hydrogen) atoms. The summed E-state index contributed by atoms with van der Waals surface area (Å²) in [6, 6.07) is 8.29. The number of para-hydroxylation sites is 1. The Hall–Kier alpha value is -3.89. The van der Waals surface area contributed by atoms with Crippen molar-refractivity contribution in [3.63, 3.8) is 0 Å². The summed E-state index contributed by atoms with van der Waals surface area (Å²) in [5.74, 6) is -4.83. The normalized spacial score (nSPS) is 11.3. The highest BCUT2D eigenvalue weighted by Crippen LogP contribution is 2.40. The molecule has 0 radical (unpaired) electrons. The van der Waals surface area contributed by atoms with Gasteiger partial charge in [-0.1, -0.05) is 18.2 Å². The SMILES string of the molecule is COC(=O)c1c(-c2c(O)cc(C(F)(F)F)cc2F)nn(-c2ccccc2)c1C(=O)OC. The number of aromatic nitrogens is 2. The van der Waals surface area contributed by atoms with Crippen molar-refractivity contribution in [3.8, 4) is 22.7 Å². The number of esters is 2. The molecule has 162 valence electrons. The molecule has 0 saturated heterocycles. The molecule has 11 heteroatoms. The number of carbonyl (C=O) groups is 2. The topological polar surface area (TPSA) is 90.6 Å². The minimum Gasteiger partial charge on any atom is -0.507 e. The smallest absolute Gasteiger partial charge is 0.416 e. The van der Waals surface area contributed by atoms with Gasteiger partial charge < -0.3 is 14.6 Å². The molecule has 7 nitrogen and oxygen atoms in total. The zero-order valence-corrected chi connectivity index (χ0v) is 16.0. The molecular formula is C20H14F4N2O5. The fraction of sp³-hybridized carbons (Fsp3) is 0.150. The second-order valence-corrected chi connectivity index (χ2v) is 6.15. The molecule has 0 fully saturated rings. The molecule has 0 aliphatic rings. The van der Waals surface area contributed by atoms with Gasteiger partial charge in [-0.15, -0.1) is 0 Å². The number of phenolic OH excluding ortho intramolecular Hbond substituents is 1. The first-order valence-corrected chi connectivity index (χ1v) is 8.55. The lowest BCUT2D eigenvalue weighted by Gasteiger charge is -2.11. The van der Waals surface area contributed by atoms with Gasteiger partial charge in [0.05, 0.1) is 31.0 Å². The van der Waals surface area contributed by atoms with Crippen LogP contribution in [0.1, 0.15) is 26.4 Å². The zero-order valence-electron chi connectivity index (χ0n) is 16.0. The highest BCUT2D eigenvalue weighted by atomic mass is 19.4. The number of rotatable bonds is 4. The van der Waals surface area contributed by atoms with E-state index in [-0.39, 0.29) is 11.8 Å². The monoisotopic (exact) mass is 438 g/mol. The Morgan fingerprint density at radius 3 is 2.16 bits per heavy atom. The zero-order chi connectivity index (χ0) is 22.9. The van der Waals surface area contributed by atoms with Gasteiger partial charge in [0.25, 0.3) is 0 Å². The third-order valence-corrected chi connectivity index (χ3v) is 4.29. The van der Waals surface area contributed by atoms with Crippen LogP contribution in [0.2, 0.25) is 0 Å². The summed E-state index contributed by atoms with van der Waals surface area (Å²) in [6.45, 7) is 0. The van der Waals surface area contributed by atoms with E-state index in [1.165, 1.54) is 12.1 Å². The van der Waals surface area contributed by atoms with Gasteiger partial charge >= 0.3 is 18.1 Å². The minimum atomic E-state index is -4.93. The van der Waals surface area contributed by atoms with E-state index in [0.717, 1.165) is 18.9 Å². The van der Waals surface area contributed by atoms with Crippen LogP contribution in [0.5, 0.6) is 5.75 Å². The van der Waals surface area contributed by atoms with Crippen LogP contribution in [-0.4, -0.2) is 41.0 Å². The lowest BCUT2D eigenvalue weighted by Crippen LogP contribution is -2.15. The van der Waals surface area contributed by atoms with Crippen molar-refractivity contribution in [1.82, 2.24) is 9.78 Å². The number of hydrogen-bond acceptors (Lipinski definition) is 6. The standard InChI is InChI=1S/C20H14F4N2O5/c1-30-18(28)15-16(14-12(21)8-10(9-13(14)27)20(22,23)24)25-26(17(15)19(29)31-2)11-6-4-3-5-7-11/h3-9,27H,1-2H3. The maximum absolute atomic E-state index is 14.7. The van der Waals surface area contributed by atoms with Crippen LogP contribution in [0.15, 0.2) is 42.5 Å². The van der Waals surface area contributed by atoms with Crippen molar-refractivity contribution in [2.75, 3.05) is 14.2 Å². The molecule has 1 heterocycles. The number of hydrogen-bond donors (Lipinski definition) is 1. The largest absolute Gasteiger partial charge is 0.507 e. The van der Waals surface area contributed by atoms with E-state index in [1.807, 2.05) is 0 Å². The maximum atomic E-state index is 14.7. The Morgan fingerprint density at radius 1 is 1.03 bits per heavy atom. The molecule has 1 N–H and O–H groups in total. The van der Waals surface area contributed by atoms with E-state index in [4.69, 9.17) is 4.74 Å². The van der Waals surface area contributed by atoms with Gasteiger partial charge in [-0.2, -0.15) is 18.3 Å². The van der Waals surface area contributed by atoms with Crippen LogP contribution in [0, 0.1) is 5.82 Å². The quantitative estimate of drug-likeness (QED) is 0.490. The van der Waals surface area contributed by atoms with E-state index in [1.54, 1.807) is 18.2 Å². The fourth-order valence-corrected chi connectivity index (χ4v) is 2.92. The van der Waals surface area contributed by atoms with Crippen molar-refractivity contribution in [1.29, 1.82) is 0 Å². The molecule has 1 aromatic heterocycles. The summed E-state index contributed by atoms with van der Waals surface area (Å²) >= 11 is 0. The maximum Gasteiger partial charge on any atom is 0.416 e. The van der Waals surface area contributed by atoms with Crippen LogP contribution in [0.25, 0.3) is 16.9 Å². The van der Waals surface area contributed by atoms with Gasteiger partial charge in [0.1, 0.15) is 22.8 Å². The molecule has 3 rings (SSSR count).